The number of hydrogen-bond donors (Lipinski definition) is 2. The Morgan fingerprint density at radius 1 is 1.15 bits per heavy atom. The number of H-pyrrole nitrogens is 1. The molecule has 1 amide bonds. The molecule has 1 aliphatic heterocycles. The van der Waals surface area contributed by atoms with E-state index >= 15 is 0 Å². The number of nitrogens with one attached hydrogen (secondary N) is 2. The molecule has 0 fully saturated rings. The van der Waals surface area contributed by atoms with Crippen LogP contribution in [0.5, 0.6) is 0 Å². The van der Waals surface area contributed by atoms with E-state index in [1.54, 1.807) is 0 Å². The molecule has 0 aliphatic carbocycles. The van der Waals surface area contributed by atoms with Crippen molar-refractivity contribution in [2.45, 2.75) is 26.4 Å². The van der Waals surface area contributed by atoms with Gasteiger partial charge in [0.15, 0.2) is 5.82 Å². The fourth-order valence-electron chi connectivity index (χ4n) is 3.46. The number of anilines is 1. The minimum absolute atomic E-state index is 0.107. The van der Waals surface area contributed by atoms with Gasteiger partial charge in [-0.1, -0.05) is 48.5 Å². The Balaban J connectivity index is 1.46. The highest BCUT2D eigenvalue weighted by molar-refractivity contribution is 6.05. The lowest BCUT2D eigenvalue weighted by Gasteiger charge is -2.26. The first-order valence-electron chi connectivity index (χ1n) is 8.90. The maximum absolute atomic E-state index is 12.5. The maximum atomic E-state index is 12.5. The Hall–Kier alpha value is -2.92. The normalized spacial score (nSPS) is 14.0. The Kier molecular flexibility index (Phi) is 4.54. The highest BCUT2D eigenvalue weighted by atomic mass is 16.1. The van der Waals surface area contributed by atoms with Crippen molar-refractivity contribution in [2.24, 2.45) is 0 Å². The molecule has 5 nitrogen and oxygen atoms in total. The summed E-state index contributed by atoms with van der Waals surface area (Å²) in [6.45, 7) is 4.63. The standard InChI is InChI=1S/C21H22N4O/c1-15-7-5-6-10-17(15)21(26)22-20-18-11-12-25(14-19(18)23-24-20)13-16-8-3-2-4-9-16/h2-10H,11-14H2,1H3,(H2,22,23,24,26). The molecule has 0 saturated heterocycles. The molecule has 1 aliphatic rings. The zero-order chi connectivity index (χ0) is 17.9. The SMILES string of the molecule is Cc1ccccc1C(=O)Nc1n[nH]c2c1CCN(Cc1ccccc1)C2. The van der Waals surface area contributed by atoms with Crippen molar-refractivity contribution in [3.63, 3.8) is 0 Å². The first-order valence-corrected chi connectivity index (χ1v) is 8.90. The van der Waals surface area contributed by atoms with Gasteiger partial charge in [0.05, 0.1) is 5.69 Å². The highest BCUT2D eigenvalue weighted by Crippen LogP contribution is 2.25. The second-order valence-corrected chi connectivity index (χ2v) is 6.74. The Bertz CT molecular complexity index is 917. The number of carbonyl (C=O) groups excluding carboxylic acids is 1. The zero-order valence-corrected chi connectivity index (χ0v) is 14.8. The van der Waals surface area contributed by atoms with Crippen LogP contribution >= 0.6 is 0 Å². The third-order valence-corrected chi connectivity index (χ3v) is 4.88. The zero-order valence-electron chi connectivity index (χ0n) is 14.8. The summed E-state index contributed by atoms with van der Waals surface area (Å²) in [7, 11) is 0. The Morgan fingerprint density at radius 3 is 2.73 bits per heavy atom. The third kappa shape index (κ3) is 3.39. The van der Waals surface area contributed by atoms with Crippen molar-refractivity contribution in [3.8, 4) is 0 Å². The number of aromatic amines is 1. The molecular weight excluding hydrogens is 324 g/mol. The van der Waals surface area contributed by atoms with E-state index in [1.807, 2.05) is 37.3 Å². The van der Waals surface area contributed by atoms with E-state index in [0.717, 1.165) is 42.9 Å². The number of hydrogen-bond acceptors (Lipinski definition) is 3. The monoisotopic (exact) mass is 346 g/mol. The average Bonchev–Trinajstić information content (AvgIpc) is 3.05. The summed E-state index contributed by atoms with van der Waals surface area (Å²) in [6, 6.07) is 18.1. The van der Waals surface area contributed by atoms with E-state index in [2.05, 4.69) is 44.7 Å². The molecule has 4 rings (SSSR count). The molecule has 2 N–H and O–H groups in total. The van der Waals surface area contributed by atoms with Crippen molar-refractivity contribution in [2.75, 3.05) is 11.9 Å². The summed E-state index contributed by atoms with van der Waals surface area (Å²) < 4.78 is 0. The number of amides is 1. The van der Waals surface area contributed by atoms with Crippen LogP contribution in [0.3, 0.4) is 0 Å². The van der Waals surface area contributed by atoms with Crippen molar-refractivity contribution in [3.05, 3.63) is 82.5 Å². The van der Waals surface area contributed by atoms with Crippen LogP contribution in [0, 0.1) is 6.92 Å². The molecule has 0 unspecified atom stereocenters. The molecule has 0 spiro atoms. The van der Waals surface area contributed by atoms with Crippen LogP contribution < -0.4 is 5.32 Å². The predicted octanol–water partition coefficient (Wildman–Crippen LogP) is 3.53. The summed E-state index contributed by atoms with van der Waals surface area (Å²) in [5, 5.41) is 10.4. The second-order valence-electron chi connectivity index (χ2n) is 6.74. The molecular formula is C21H22N4O. The molecule has 3 aromatic rings. The second kappa shape index (κ2) is 7.14. The topological polar surface area (TPSA) is 61.0 Å². The van der Waals surface area contributed by atoms with Gasteiger partial charge in [-0.2, -0.15) is 5.10 Å². The van der Waals surface area contributed by atoms with Crippen LogP contribution in [-0.4, -0.2) is 27.5 Å². The molecule has 2 heterocycles. The minimum Gasteiger partial charge on any atom is -0.305 e. The molecule has 2 aromatic carbocycles. The van der Waals surface area contributed by atoms with Gasteiger partial charge in [0.25, 0.3) is 5.91 Å². The lowest BCUT2D eigenvalue weighted by molar-refractivity contribution is 0.102. The third-order valence-electron chi connectivity index (χ3n) is 4.88. The molecule has 0 atom stereocenters. The number of aromatic nitrogens is 2. The smallest absolute Gasteiger partial charge is 0.257 e. The Labute approximate surface area is 153 Å². The Morgan fingerprint density at radius 2 is 1.92 bits per heavy atom. The van der Waals surface area contributed by atoms with Crippen LogP contribution in [0.2, 0.25) is 0 Å². The number of aryl methyl sites for hydroxylation is 1. The van der Waals surface area contributed by atoms with Gasteiger partial charge < -0.3 is 5.32 Å². The van der Waals surface area contributed by atoms with Gasteiger partial charge in [-0.3, -0.25) is 14.8 Å². The predicted molar refractivity (Wildman–Crippen MR) is 102 cm³/mol. The summed E-state index contributed by atoms with van der Waals surface area (Å²) >= 11 is 0. The van der Waals surface area contributed by atoms with Gasteiger partial charge in [-0.25, -0.2) is 0 Å². The number of rotatable bonds is 4. The fourth-order valence-corrected chi connectivity index (χ4v) is 3.46. The molecule has 0 saturated carbocycles. The van der Waals surface area contributed by atoms with Crippen molar-refractivity contribution in [1.29, 1.82) is 0 Å². The first kappa shape index (κ1) is 16.5. The fraction of sp³-hybridized carbons (Fsp3) is 0.238. The van der Waals surface area contributed by atoms with Crippen molar-refractivity contribution < 1.29 is 4.79 Å². The molecule has 0 radical (unpaired) electrons. The molecule has 26 heavy (non-hydrogen) atoms. The minimum atomic E-state index is -0.107. The largest absolute Gasteiger partial charge is 0.305 e. The number of fused-ring (bicyclic) bond motifs is 1. The van der Waals surface area contributed by atoms with Crippen LogP contribution in [-0.2, 0) is 19.5 Å². The lowest BCUT2D eigenvalue weighted by Crippen LogP contribution is -2.30. The van der Waals surface area contributed by atoms with Gasteiger partial charge in [0.1, 0.15) is 0 Å². The average molecular weight is 346 g/mol. The maximum Gasteiger partial charge on any atom is 0.257 e. The van der Waals surface area contributed by atoms with E-state index in [4.69, 9.17) is 0 Å². The quantitative estimate of drug-likeness (QED) is 0.760. The molecule has 132 valence electrons. The summed E-state index contributed by atoms with van der Waals surface area (Å²) in [6.07, 6.45) is 0.877. The first-order chi connectivity index (χ1) is 12.7. The van der Waals surface area contributed by atoms with Gasteiger partial charge in [-0.05, 0) is 30.5 Å². The highest BCUT2D eigenvalue weighted by Gasteiger charge is 2.23. The number of benzene rings is 2. The molecule has 1 aromatic heterocycles. The van der Waals surface area contributed by atoms with Gasteiger partial charge >= 0.3 is 0 Å². The number of nitrogens with zero attached hydrogens (tertiary/aromatic N) is 2. The lowest BCUT2D eigenvalue weighted by atomic mass is 10.1. The van der Waals surface area contributed by atoms with E-state index in [0.29, 0.717) is 11.4 Å². The van der Waals surface area contributed by atoms with Crippen LogP contribution in [0.25, 0.3) is 0 Å². The van der Waals surface area contributed by atoms with Gasteiger partial charge in [0.2, 0.25) is 0 Å². The van der Waals surface area contributed by atoms with Crippen molar-refractivity contribution in [1.82, 2.24) is 15.1 Å². The van der Waals surface area contributed by atoms with E-state index < -0.39 is 0 Å². The van der Waals surface area contributed by atoms with E-state index in [9.17, 15) is 4.79 Å². The van der Waals surface area contributed by atoms with Crippen molar-refractivity contribution >= 4 is 11.7 Å². The van der Waals surface area contributed by atoms with Crippen LogP contribution in [0.4, 0.5) is 5.82 Å². The van der Waals surface area contributed by atoms with E-state index in [1.165, 1.54) is 5.56 Å². The van der Waals surface area contributed by atoms with E-state index in [-0.39, 0.29) is 5.91 Å². The van der Waals surface area contributed by atoms with Gasteiger partial charge in [-0.15, -0.1) is 0 Å². The van der Waals surface area contributed by atoms with Crippen LogP contribution in [0.1, 0.15) is 32.7 Å². The summed E-state index contributed by atoms with van der Waals surface area (Å²) in [5.74, 6) is 0.553. The number of carbonyl (C=O) groups is 1. The summed E-state index contributed by atoms with van der Waals surface area (Å²) in [5.41, 5.74) is 5.17. The van der Waals surface area contributed by atoms with Gasteiger partial charge in [0, 0.05) is 30.8 Å². The molecule has 0 bridgehead atoms. The summed E-state index contributed by atoms with van der Waals surface area (Å²) in [4.78, 5) is 14.9. The molecule has 5 heteroatoms. The van der Waals surface area contributed by atoms with Crippen LogP contribution in [0.15, 0.2) is 54.6 Å².